The summed E-state index contributed by atoms with van der Waals surface area (Å²) in [6.07, 6.45) is 6.72. The topological polar surface area (TPSA) is 54.5 Å². The molecule has 2 heterocycles. The molecule has 4 nitrogen and oxygen atoms in total. The van der Waals surface area contributed by atoms with Gasteiger partial charge in [-0.2, -0.15) is 0 Å². The van der Waals surface area contributed by atoms with Crippen molar-refractivity contribution in [3.63, 3.8) is 0 Å². The fraction of sp³-hybridized carbons (Fsp3) is 0.545. The van der Waals surface area contributed by atoms with Crippen molar-refractivity contribution in [2.24, 2.45) is 5.92 Å². The van der Waals surface area contributed by atoms with E-state index in [2.05, 4.69) is 33.8 Å². The van der Waals surface area contributed by atoms with Crippen LogP contribution in [0.15, 0.2) is 12.4 Å². The van der Waals surface area contributed by atoms with Crippen LogP contribution in [0.4, 0.5) is 0 Å². The maximum absolute atomic E-state index is 4.42. The molecule has 0 spiro atoms. The smallest absolute Gasteiger partial charge is 0.197 e. The third-order valence-corrected chi connectivity index (χ3v) is 2.82. The Morgan fingerprint density at radius 1 is 1.20 bits per heavy atom. The van der Waals surface area contributed by atoms with Crippen LogP contribution in [-0.4, -0.2) is 19.9 Å². The van der Waals surface area contributed by atoms with E-state index in [0.717, 1.165) is 23.5 Å². The second kappa shape index (κ2) is 4.38. The monoisotopic (exact) mass is 204 g/mol. The average molecular weight is 204 g/mol. The zero-order valence-corrected chi connectivity index (χ0v) is 9.20. The van der Waals surface area contributed by atoms with E-state index >= 15 is 0 Å². The molecule has 0 saturated carbocycles. The van der Waals surface area contributed by atoms with Gasteiger partial charge in [0.25, 0.3) is 0 Å². The van der Waals surface area contributed by atoms with Crippen molar-refractivity contribution in [3.05, 3.63) is 18.2 Å². The third-order valence-electron chi connectivity index (χ3n) is 2.82. The summed E-state index contributed by atoms with van der Waals surface area (Å²) in [5.41, 5.74) is 1.51. The molecule has 15 heavy (non-hydrogen) atoms. The lowest BCUT2D eigenvalue weighted by Gasteiger charge is -2.08. The van der Waals surface area contributed by atoms with Crippen molar-refractivity contribution in [3.8, 4) is 0 Å². The minimum Gasteiger partial charge on any atom is -0.325 e. The van der Waals surface area contributed by atoms with Crippen molar-refractivity contribution < 1.29 is 0 Å². The van der Waals surface area contributed by atoms with Gasteiger partial charge in [0.2, 0.25) is 0 Å². The van der Waals surface area contributed by atoms with Gasteiger partial charge < -0.3 is 4.98 Å². The highest BCUT2D eigenvalue weighted by atomic mass is 15.0. The number of hydrogen-bond donors (Lipinski definition) is 1. The molecule has 1 N–H and O–H groups in total. The quantitative estimate of drug-likeness (QED) is 0.831. The standard InChI is InChI=1S/C11H16N4/c1-3-8(4-2)7-9-14-10-11(15-9)13-6-5-12-10/h5-6,8H,3-4,7H2,1-2H3,(H,12,13,14,15). The lowest BCUT2D eigenvalue weighted by atomic mass is 9.99. The van der Waals surface area contributed by atoms with Crippen LogP contribution in [0.25, 0.3) is 11.3 Å². The number of H-pyrrole nitrogens is 1. The van der Waals surface area contributed by atoms with Gasteiger partial charge in [-0.15, -0.1) is 0 Å². The molecule has 0 unspecified atom stereocenters. The number of rotatable bonds is 4. The van der Waals surface area contributed by atoms with E-state index in [1.807, 2.05) is 0 Å². The van der Waals surface area contributed by atoms with Gasteiger partial charge in [0.15, 0.2) is 11.3 Å². The van der Waals surface area contributed by atoms with Crippen molar-refractivity contribution in [1.82, 2.24) is 19.9 Å². The Morgan fingerprint density at radius 2 is 1.93 bits per heavy atom. The first-order valence-corrected chi connectivity index (χ1v) is 5.49. The van der Waals surface area contributed by atoms with Crippen LogP contribution in [0.5, 0.6) is 0 Å². The summed E-state index contributed by atoms with van der Waals surface area (Å²) in [5, 5.41) is 0. The number of aromatic nitrogens is 4. The molecule has 0 radical (unpaired) electrons. The highest BCUT2D eigenvalue weighted by Gasteiger charge is 2.09. The molecular formula is C11H16N4. The Labute approximate surface area is 89.2 Å². The number of nitrogens with one attached hydrogen (secondary N) is 1. The van der Waals surface area contributed by atoms with Crippen LogP contribution >= 0.6 is 0 Å². The van der Waals surface area contributed by atoms with Crippen LogP contribution in [0, 0.1) is 5.92 Å². The van der Waals surface area contributed by atoms with Gasteiger partial charge in [0.1, 0.15) is 5.82 Å². The largest absolute Gasteiger partial charge is 0.325 e. The highest BCUT2D eigenvalue weighted by Crippen LogP contribution is 2.14. The molecule has 2 aromatic rings. The molecule has 0 atom stereocenters. The first kappa shape index (κ1) is 10.1. The number of imidazole rings is 1. The molecule has 0 aliphatic carbocycles. The van der Waals surface area contributed by atoms with E-state index in [1.165, 1.54) is 12.8 Å². The number of fused-ring (bicyclic) bond motifs is 1. The summed E-state index contributed by atoms with van der Waals surface area (Å²) < 4.78 is 0. The van der Waals surface area contributed by atoms with Crippen LogP contribution in [0.1, 0.15) is 32.5 Å². The van der Waals surface area contributed by atoms with E-state index in [4.69, 9.17) is 0 Å². The molecule has 0 amide bonds. The summed E-state index contributed by atoms with van der Waals surface area (Å²) in [6, 6.07) is 0. The van der Waals surface area contributed by atoms with Crippen LogP contribution in [0.3, 0.4) is 0 Å². The number of hydrogen-bond acceptors (Lipinski definition) is 3. The molecule has 80 valence electrons. The lowest BCUT2D eigenvalue weighted by molar-refractivity contribution is 0.481. The molecule has 0 fully saturated rings. The molecule has 2 aromatic heterocycles. The molecule has 0 bridgehead atoms. The Balaban J connectivity index is 2.21. The van der Waals surface area contributed by atoms with Gasteiger partial charge in [-0.25, -0.2) is 15.0 Å². The summed E-state index contributed by atoms with van der Waals surface area (Å²) >= 11 is 0. The van der Waals surface area contributed by atoms with Crippen LogP contribution in [0.2, 0.25) is 0 Å². The maximum atomic E-state index is 4.42. The van der Waals surface area contributed by atoms with E-state index in [9.17, 15) is 0 Å². The molecule has 4 heteroatoms. The second-order valence-corrected chi connectivity index (χ2v) is 3.80. The predicted octanol–water partition coefficient (Wildman–Crippen LogP) is 2.33. The molecule has 0 aliphatic heterocycles. The van der Waals surface area contributed by atoms with E-state index in [1.54, 1.807) is 12.4 Å². The molecule has 0 aliphatic rings. The number of nitrogens with zero attached hydrogens (tertiary/aromatic N) is 3. The van der Waals surface area contributed by atoms with E-state index in [-0.39, 0.29) is 0 Å². The Hall–Kier alpha value is -1.45. The summed E-state index contributed by atoms with van der Waals surface area (Å²) in [6.45, 7) is 4.43. The molecule has 0 aromatic carbocycles. The van der Waals surface area contributed by atoms with Gasteiger partial charge in [-0.3, -0.25) is 0 Å². The van der Waals surface area contributed by atoms with Gasteiger partial charge in [0, 0.05) is 18.8 Å². The van der Waals surface area contributed by atoms with Gasteiger partial charge in [0.05, 0.1) is 0 Å². The normalized spacial score (nSPS) is 11.4. The molecule has 0 saturated heterocycles. The van der Waals surface area contributed by atoms with Crippen molar-refractivity contribution in [1.29, 1.82) is 0 Å². The van der Waals surface area contributed by atoms with Crippen LogP contribution in [-0.2, 0) is 6.42 Å². The van der Waals surface area contributed by atoms with Crippen LogP contribution < -0.4 is 0 Å². The fourth-order valence-corrected chi connectivity index (χ4v) is 1.74. The van der Waals surface area contributed by atoms with Crippen molar-refractivity contribution in [2.75, 3.05) is 0 Å². The maximum Gasteiger partial charge on any atom is 0.197 e. The first-order valence-electron chi connectivity index (χ1n) is 5.49. The summed E-state index contributed by atoms with van der Waals surface area (Å²) in [4.78, 5) is 16.0. The fourth-order valence-electron chi connectivity index (χ4n) is 1.74. The van der Waals surface area contributed by atoms with Gasteiger partial charge >= 0.3 is 0 Å². The van der Waals surface area contributed by atoms with Crippen molar-refractivity contribution >= 4 is 11.3 Å². The van der Waals surface area contributed by atoms with E-state index < -0.39 is 0 Å². The third kappa shape index (κ3) is 2.14. The summed E-state index contributed by atoms with van der Waals surface area (Å²) in [5.74, 6) is 1.70. The van der Waals surface area contributed by atoms with Gasteiger partial charge in [-0.05, 0) is 5.92 Å². The molecule has 2 rings (SSSR count). The SMILES string of the molecule is CCC(CC)Cc1nc2nccnc2[nH]1. The minimum absolute atomic E-state index is 0.700. The minimum atomic E-state index is 0.700. The van der Waals surface area contributed by atoms with Gasteiger partial charge in [-0.1, -0.05) is 26.7 Å². The first-order chi connectivity index (χ1) is 7.33. The summed E-state index contributed by atoms with van der Waals surface area (Å²) in [7, 11) is 0. The predicted molar refractivity (Wildman–Crippen MR) is 59.5 cm³/mol. The van der Waals surface area contributed by atoms with Crippen molar-refractivity contribution in [2.45, 2.75) is 33.1 Å². The number of aromatic amines is 1. The Kier molecular flexibility index (Phi) is 2.94. The second-order valence-electron chi connectivity index (χ2n) is 3.80. The van der Waals surface area contributed by atoms with E-state index in [0.29, 0.717) is 5.92 Å². The molecular weight excluding hydrogens is 188 g/mol. The highest BCUT2D eigenvalue weighted by molar-refractivity contribution is 5.64. The lowest BCUT2D eigenvalue weighted by Crippen LogP contribution is -2.02. The average Bonchev–Trinajstić information content (AvgIpc) is 2.68. The Morgan fingerprint density at radius 3 is 2.60 bits per heavy atom. The zero-order chi connectivity index (χ0) is 10.7. The zero-order valence-electron chi connectivity index (χ0n) is 9.20. The Bertz CT molecular complexity index is 398.